The second kappa shape index (κ2) is 3.11. The molecule has 2 heterocycles. The number of hydrogen-bond donors (Lipinski definition) is 1. The predicted octanol–water partition coefficient (Wildman–Crippen LogP) is 1.19. The molecule has 2 atom stereocenters. The van der Waals surface area contributed by atoms with Crippen LogP contribution in [0.2, 0.25) is 0 Å². The van der Waals surface area contributed by atoms with Crippen molar-refractivity contribution in [1.29, 1.82) is 0 Å². The molecule has 1 aliphatic carbocycles. The van der Waals surface area contributed by atoms with Crippen molar-refractivity contribution < 1.29 is 4.42 Å². The first-order valence-electron chi connectivity index (χ1n) is 5.34. The van der Waals surface area contributed by atoms with Crippen LogP contribution in [0.3, 0.4) is 0 Å². The van der Waals surface area contributed by atoms with Crippen LogP contribution in [-0.2, 0) is 13.1 Å². The minimum Gasteiger partial charge on any atom is -0.468 e. The topological polar surface area (TPSA) is 42.4 Å². The Morgan fingerprint density at radius 2 is 2.21 bits per heavy atom. The van der Waals surface area contributed by atoms with Crippen LogP contribution < -0.4 is 5.73 Å². The van der Waals surface area contributed by atoms with Crippen LogP contribution in [0.15, 0.2) is 16.7 Å². The van der Waals surface area contributed by atoms with E-state index in [0.29, 0.717) is 6.54 Å². The molecule has 0 radical (unpaired) electrons. The summed E-state index contributed by atoms with van der Waals surface area (Å²) in [6, 6.07) is 2.05. The molecule has 2 aliphatic rings. The third-order valence-electron chi connectivity index (χ3n) is 3.47. The number of likely N-dealkylation sites (tertiary alicyclic amines) is 1. The Balaban J connectivity index is 1.66. The van der Waals surface area contributed by atoms with Crippen LogP contribution in [0.5, 0.6) is 0 Å². The van der Waals surface area contributed by atoms with E-state index in [-0.39, 0.29) is 0 Å². The van der Waals surface area contributed by atoms with E-state index in [2.05, 4.69) is 4.90 Å². The number of nitrogens with zero attached hydrogens (tertiary/aromatic N) is 1. The predicted molar refractivity (Wildman–Crippen MR) is 53.5 cm³/mol. The standard InChI is InChI=1S/C11H16N2O/c12-4-11-8(1-2-14-11)5-13-6-9-3-10(9)7-13/h1-2,9-10H,3-7,12H2. The zero-order chi connectivity index (χ0) is 9.54. The molecule has 2 unspecified atom stereocenters. The molecule has 1 aromatic rings. The van der Waals surface area contributed by atoms with Gasteiger partial charge in [-0.25, -0.2) is 0 Å². The molecule has 3 heteroatoms. The van der Waals surface area contributed by atoms with Crippen molar-refractivity contribution in [3.63, 3.8) is 0 Å². The molecule has 1 aromatic heterocycles. The van der Waals surface area contributed by atoms with Crippen LogP contribution in [0.25, 0.3) is 0 Å². The summed E-state index contributed by atoms with van der Waals surface area (Å²) in [5.74, 6) is 2.96. The van der Waals surface area contributed by atoms with Crippen LogP contribution in [0.1, 0.15) is 17.7 Å². The molecule has 2 N–H and O–H groups in total. The van der Waals surface area contributed by atoms with Gasteiger partial charge in [0.25, 0.3) is 0 Å². The lowest BCUT2D eigenvalue weighted by atomic mass is 10.2. The fraction of sp³-hybridized carbons (Fsp3) is 0.636. The SMILES string of the molecule is NCc1occc1CN1CC2CC2C1. The van der Waals surface area contributed by atoms with Crippen molar-refractivity contribution in [2.24, 2.45) is 17.6 Å². The average Bonchev–Trinajstić information content (AvgIpc) is 2.66. The number of rotatable bonds is 3. The van der Waals surface area contributed by atoms with Gasteiger partial charge >= 0.3 is 0 Å². The number of fused-ring (bicyclic) bond motifs is 1. The van der Waals surface area contributed by atoms with E-state index in [1.54, 1.807) is 6.26 Å². The molecular weight excluding hydrogens is 176 g/mol. The second-order valence-electron chi connectivity index (χ2n) is 4.52. The molecule has 0 bridgehead atoms. The van der Waals surface area contributed by atoms with E-state index in [1.807, 2.05) is 6.07 Å². The zero-order valence-corrected chi connectivity index (χ0v) is 8.28. The summed E-state index contributed by atoms with van der Waals surface area (Å²) >= 11 is 0. The van der Waals surface area contributed by atoms with Crippen molar-refractivity contribution in [1.82, 2.24) is 4.90 Å². The largest absolute Gasteiger partial charge is 0.468 e. The van der Waals surface area contributed by atoms with Gasteiger partial charge in [-0.3, -0.25) is 4.90 Å². The van der Waals surface area contributed by atoms with Crippen LogP contribution >= 0.6 is 0 Å². The summed E-state index contributed by atoms with van der Waals surface area (Å²) in [7, 11) is 0. The maximum Gasteiger partial charge on any atom is 0.121 e. The van der Waals surface area contributed by atoms with Crippen LogP contribution in [-0.4, -0.2) is 18.0 Å². The van der Waals surface area contributed by atoms with E-state index in [4.69, 9.17) is 10.2 Å². The van der Waals surface area contributed by atoms with E-state index in [1.165, 1.54) is 25.1 Å². The zero-order valence-electron chi connectivity index (χ0n) is 8.28. The third kappa shape index (κ3) is 1.37. The van der Waals surface area contributed by atoms with Gasteiger partial charge in [0, 0.05) is 25.2 Å². The van der Waals surface area contributed by atoms with Gasteiger partial charge in [-0.15, -0.1) is 0 Å². The maximum absolute atomic E-state index is 5.59. The Kier molecular flexibility index (Phi) is 1.89. The molecule has 3 nitrogen and oxygen atoms in total. The van der Waals surface area contributed by atoms with Gasteiger partial charge in [0.1, 0.15) is 5.76 Å². The molecule has 76 valence electrons. The van der Waals surface area contributed by atoms with Gasteiger partial charge in [-0.1, -0.05) is 0 Å². The van der Waals surface area contributed by atoms with Gasteiger partial charge < -0.3 is 10.2 Å². The molecule has 2 fully saturated rings. The van der Waals surface area contributed by atoms with Crippen molar-refractivity contribution in [2.45, 2.75) is 19.5 Å². The van der Waals surface area contributed by atoms with Crippen molar-refractivity contribution in [2.75, 3.05) is 13.1 Å². The Morgan fingerprint density at radius 1 is 1.43 bits per heavy atom. The summed E-state index contributed by atoms with van der Waals surface area (Å²) in [5.41, 5.74) is 6.87. The average molecular weight is 192 g/mol. The molecule has 3 rings (SSSR count). The van der Waals surface area contributed by atoms with Gasteiger partial charge in [-0.2, -0.15) is 0 Å². The van der Waals surface area contributed by atoms with E-state index in [9.17, 15) is 0 Å². The highest BCUT2D eigenvalue weighted by Gasteiger charge is 2.44. The summed E-state index contributed by atoms with van der Waals surface area (Å²) in [4.78, 5) is 2.52. The Labute approximate surface area is 83.9 Å². The van der Waals surface area contributed by atoms with Crippen LogP contribution in [0, 0.1) is 11.8 Å². The molecule has 0 amide bonds. The van der Waals surface area contributed by atoms with Crippen molar-refractivity contribution in [3.8, 4) is 0 Å². The molecule has 0 spiro atoms. The summed E-state index contributed by atoms with van der Waals surface area (Å²) in [5, 5.41) is 0. The lowest BCUT2D eigenvalue weighted by molar-refractivity contribution is 0.294. The van der Waals surface area contributed by atoms with E-state index in [0.717, 1.165) is 24.1 Å². The minimum absolute atomic E-state index is 0.517. The van der Waals surface area contributed by atoms with Gasteiger partial charge in [0.15, 0.2) is 0 Å². The van der Waals surface area contributed by atoms with E-state index < -0.39 is 0 Å². The second-order valence-corrected chi connectivity index (χ2v) is 4.52. The highest BCUT2D eigenvalue weighted by molar-refractivity contribution is 5.17. The molecular formula is C11H16N2O. The molecule has 1 saturated heterocycles. The normalized spacial score (nSPS) is 30.6. The van der Waals surface area contributed by atoms with Gasteiger partial charge in [0.2, 0.25) is 0 Å². The van der Waals surface area contributed by atoms with E-state index >= 15 is 0 Å². The summed E-state index contributed by atoms with van der Waals surface area (Å²) in [6.07, 6.45) is 3.21. The molecule has 14 heavy (non-hydrogen) atoms. The first-order valence-corrected chi connectivity index (χ1v) is 5.34. The minimum atomic E-state index is 0.517. The van der Waals surface area contributed by atoms with Gasteiger partial charge in [0.05, 0.1) is 12.8 Å². The fourth-order valence-electron chi connectivity index (χ4n) is 2.55. The first kappa shape index (κ1) is 8.50. The lowest BCUT2D eigenvalue weighted by Gasteiger charge is -2.16. The highest BCUT2D eigenvalue weighted by atomic mass is 16.3. The summed E-state index contributed by atoms with van der Waals surface area (Å²) in [6.45, 7) is 4.10. The summed E-state index contributed by atoms with van der Waals surface area (Å²) < 4.78 is 5.31. The third-order valence-corrected chi connectivity index (χ3v) is 3.47. The molecule has 1 saturated carbocycles. The molecule has 1 aliphatic heterocycles. The Bertz CT molecular complexity index is 324. The quantitative estimate of drug-likeness (QED) is 0.782. The Hall–Kier alpha value is -0.800. The van der Waals surface area contributed by atoms with Crippen molar-refractivity contribution in [3.05, 3.63) is 23.7 Å². The Morgan fingerprint density at radius 3 is 2.93 bits per heavy atom. The number of nitrogens with two attached hydrogens (primary N) is 1. The number of hydrogen-bond acceptors (Lipinski definition) is 3. The highest BCUT2D eigenvalue weighted by Crippen LogP contribution is 2.45. The molecule has 0 aromatic carbocycles. The maximum atomic E-state index is 5.59. The smallest absolute Gasteiger partial charge is 0.121 e. The number of furan rings is 1. The fourth-order valence-corrected chi connectivity index (χ4v) is 2.55. The van der Waals surface area contributed by atoms with Crippen molar-refractivity contribution >= 4 is 0 Å². The first-order chi connectivity index (χ1) is 6.86. The van der Waals surface area contributed by atoms with Gasteiger partial charge in [-0.05, 0) is 24.3 Å². The lowest BCUT2D eigenvalue weighted by Crippen LogP contribution is -2.22. The number of piperidine rings is 1. The monoisotopic (exact) mass is 192 g/mol. The van der Waals surface area contributed by atoms with Crippen LogP contribution in [0.4, 0.5) is 0 Å².